The van der Waals surface area contributed by atoms with Crippen LogP contribution in [-0.4, -0.2) is 27.7 Å². The van der Waals surface area contributed by atoms with Crippen molar-refractivity contribution in [2.24, 2.45) is 0 Å². The number of aliphatic hydroxyl groups is 1. The molecule has 0 aliphatic heterocycles. The fraction of sp³-hybridized carbons (Fsp3) is 0.833. The van der Waals surface area contributed by atoms with Gasteiger partial charge < -0.3 is 10.2 Å². The first-order valence-electron chi connectivity index (χ1n) is 3.11. The van der Waals surface area contributed by atoms with Gasteiger partial charge >= 0.3 is 5.97 Å². The largest absolute Gasteiger partial charge is 0.481 e. The van der Waals surface area contributed by atoms with E-state index >= 15 is 0 Å². The lowest BCUT2D eigenvalue weighted by molar-refractivity contribution is -0.139. The first-order valence-corrected chi connectivity index (χ1v) is 3.55. The Bertz CT molecular complexity index is 116. The lowest BCUT2D eigenvalue weighted by Gasteiger charge is -2.11. The number of carboxylic acid groups (broad SMARTS) is 1. The maximum Gasteiger partial charge on any atom is 0.306 e. The van der Waals surface area contributed by atoms with Gasteiger partial charge in [-0.25, -0.2) is 0 Å². The number of carboxylic acids is 1. The van der Waals surface area contributed by atoms with Crippen molar-refractivity contribution in [2.45, 2.75) is 31.2 Å². The standard InChI is InChI=1S/C6H11ClO3/c1-2-4(7)5(8)3-6(9)10/h4-5,8H,2-3H2,1H3,(H,9,10)/t4-,5-/m1/s1. The number of alkyl halides is 1. The molecular formula is C6H11ClO3. The van der Waals surface area contributed by atoms with Gasteiger partial charge in [0.1, 0.15) is 0 Å². The van der Waals surface area contributed by atoms with Gasteiger partial charge in [0.15, 0.2) is 0 Å². The third-order valence-electron chi connectivity index (χ3n) is 1.19. The zero-order valence-corrected chi connectivity index (χ0v) is 6.51. The average molecular weight is 167 g/mol. The quantitative estimate of drug-likeness (QED) is 0.609. The van der Waals surface area contributed by atoms with E-state index in [4.69, 9.17) is 21.8 Å². The molecule has 10 heavy (non-hydrogen) atoms. The maximum absolute atomic E-state index is 10.0. The molecule has 3 nitrogen and oxygen atoms in total. The van der Waals surface area contributed by atoms with E-state index in [1.54, 1.807) is 6.92 Å². The number of hydrogen-bond acceptors (Lipinski definition) is 2. The Balaban J connectivity index is 3.61. The molecule has 0 aromatic carbocycles. The molecule has 0 aromatic heterocycles. The molecule has 0 amide bonds. The van der Waals surface area contributed by atoms with Gasteiger partial charge in [0.2, 0.25) is 0 Å². The fourth-order valence-corrected chi connectivity index (χ4v) is 0.668. The predicted molar refractivity (Wildman–Crippen MR) is 38.2 cm³/mol. The minimum Gasteiger partial charge on any atom is -0.481 e. The minimum atomic E-state index is -1.02. The zero-order valence-electron chi connectivity index (χ0n) is 5.75. The smallest absolute Gasteiger partial charge is 0.306 e. The van der Waals surface area contributed by atoms with Crippen LogP contribution in [0.25, 0.3) is 0 Å². The van der Waals surface area contributed by atoms with Crippen molar-refractivity contribution in [3.8, 4) is 0 Å². The summed E-state index contributed by atoms with van der Waals surface area (Å²) in [5, 5.41) is 16.7. The van der Waals surface area contributed by atoms with Gasteiger partial charge in [-0.1, -0.05) is 6.92 Å². The molecule has 4 heteroatoms. The molecule has 0 aromatic rings. The van der Waals surface area contributed by atoms with Crippen LogP contribution in [0.1, 0.15) is 19.8 Å². The van der Waals surface area contributed by atoms with Gasteiger partial charge in [0, 0.05) is 0 Å². The van der Waals surface area contributed by atoms with Crippen LogP contribution >= 0.6 is 11.6 Å². The van der Waals surface area contributed by atoms with E-state index in [1.807, 2.05) is 0 Å². The molecule has 0 heterocycles. The van der Waals surface area contributed by atoms with Crippen LogP contribution in [0.4, 0.5) is 0 Å². The summed E-state index contributed by atoms with van der Waals surface area (Å²) in [6.07, 6.45) is -0.623. The van der Waals surface area contributed by atoms with Gasteiger partial charge in [-0.3, -0.25) is 4.79 Å². The minimum absolute atomic E-state index is 0.276. The van der Waals surface area contributed by atoms with E-state index in [-0.39, 0.29) is 6.42 Å². The van der Waals surface area contributed by atoms with E-state index in [2.05, 4.69) is 0 Å². The summed E-state index contributed by atoms with van der Waals surface area (Å²) >= 11 is 5.55. The van der Waals surface area contributed by atoms with Crippen molar-refractivity contribution < 1.29 is 15.0 Å². The van der Waals surface area contributed by atoms with Gasteiger partial charge in [0.25, 0.3) is 0 Å². The molecule has 2 atom stereocenters. The fourth-order valence-electron chi connectivity index (χ4n) is 0.579. The molecule has 0 saturated heterocycles. The van der Waals surface area contributed by atoms with E-state index < -0.39 is 17.5 Å². The summed E-state index contributed by atoms with van der Waals surface area (Å²) in [4.78, 5) is 10.0. The summed E-state index contributed by atoms with van der Waals surface area (Å²) in [6, 6.07) is 0. The van der Waals surface area contributed by atoms with Gasteiger partial charge in [-0.2, -0.15) is 0 Å². The number of rotatable bonds is 4. The first kappa shape index (κ1) is 9.72. The number of aliphatic hydroxyl groups excluding tert-OH is 1. The molecule has 0 rings (SSSR count). The topological polar surface area (TPSA) is 57.5 Å². The van der Waals surface area contributed by atoms with Crippen LogP contribution in [0.2, 0.25) is 0 Å². The lowest BCUT2D eigenvalue weighted by Crippen LogP contribution is -2.23. The number of halogens is 1. The van der Waals surface area contributed by atoms with E-state index in [9.17, 15) is 4.79 Å². The summed E-state index contributed by atoms with van der Waals surface area (Å²) in [5.41, 5.74) is 0. The predicted octanol–water partition coefficient (Wildman–Crippen LogP) is 0.839. The molecular weight excluding hydrogens is 156 g/mol. The molecule has 0 spiro atoms. The first-order chi connectivity index (χ1) is 4.57. The van der Waals surface area contributed by atoms with Gasteiger partial charge in [0.05, 0.1) is 17.9 Å². The number of aliphatic carboxylic acids is 1. The second-order valence-electron chi connectivity index (χ2n) is 2.09. The SMILES string of the molecule is CC[C@@H](Cl)[C@H](O)CC(=O)O. The third-order valence-corrected chi connectivity index (χ3v) is 1.79. The van der Waals surface area contributed by atoms with Crippen LogP contribution in [0.15, 0.2) is 0 Å². The monoisotopic (exact) mass is 166 g/mol. The van der Waals surface area contributed by atoms with Crippen molar-refractivity contribution >= 4 is 17.6 Å². The molecule has 0 saturated carbocycles. The Hall–Kier alpha value is -0.280. The summed E-state index contributed by atoms with van der Waals surface area (Å²) < 4.78 is 0. The maximum atomic E-state index is 10.0. The number of carbonyl (C=O) groups is 1. The van der Waals surface area contributed by atoms with Gasteiger partial charge in [-0.15, -0.1) is 11.6 Å². The number of hydrogen-bond donors (Lipinski definition) is 2. The highest BCUT2D eigenvalue weighted by Crippen LogP contribution is 2.09. The highest BCUT2D eigenvalue weighted by Gasteiger charge is 2.16. The normalized spacial score (nSPS) is 16.3. The molecule has 0 radical (unpaired) electrons. The Kier molecular flexibility index (Phi) is 4.40. The Labute approximate surface area is 64.6 Å². The van der Waals surface area contributed by atoms with Crippen molar-refractivity contribution in [2.75, 3.05) is 0 Å². The van der Waals surface area contributed by atoms with Crippen LogP contribution < -0.4 is 0 Å². The third kappa shape index (κ3) is 3.69. The summed E-state index contributed by atoms with van der Waals surface area (Å²) in [6.45, 7) is 1.79. The van der Waals surface area contributed by atoms with Crippen LogP contribution in [0, 0.1) is 0 Å². The van der Waals surface area contributed by atoms with Crippen LogP contribution in [0.5, 0.6) is 0 Å². The molecule has 0 aliphatic rings. The van der Waals surface area contributed by atoms with Gasteiger partial charge in [-0.05, 0) is 6.42 Å². The van der Waals surface area contributed by atoms with Crippen molar-refractivity contribution in [3.05, 3.63) is 0 Å². The highest BCUT2D eigenvalue weighted by molar-refractivity contribution is 6.21. The Morgan fingerprint density at radius 3 is 2.50 bits per heavy atom. The van der Waals surface area contributed by atoms with Crippen molar-refractivity contribution in [1.29, 1.82) is 0 Å². The molecule has 0 aliphatic carbocycles. The molecule has 0 bridgehead atoms. The zero-order chi connectivity index (χ0) is 8.15. The van der Waals surface area contributed by atoms with E-state index in [1.165, 1.54) is 0 Å². The van der Waals surface area contributed by atoms with Crippen LogP contribution in [0.3, 0.4) is 0 Å². The highest BCUT2D eigenvalue weighted by atomic mass is 35.5. The van der Waals surface area contributed by atoms with Crippen LogP contribution in [-0.2, 0) is 4.79 Å². The molecule has 2 N–H and O–H groups in total. The van der Waals surface area contributed by atoms with E-state index in [0.717, 1.165) is 0 Å². The molecule has 60 valence electrons. The molecule has 0 unspecified atom stereocenters. The lowest BCUT2D eigenvalue weighted by atomic mass is 10.1. The second-order valence-corrected chi connectivity index (χ2v) is 2.65. The average Bonchev–Trinajstić information content (AvgIpc) is 1.85. The summed E-state index contributed by atoms with van der Waals surface area (Å²) in [5.74, 6) is -1.02. The second kappa shape index (κ2) is 4.52. The Morgan fingerprint density at radius 2 is 2.20 bits per heavy atom. The Morgan fingerprint density at radius 1 is 1.70 bits per heavy atom. The van der Waals surface area contributed by atoms with Crippen molar-refractivity contribution in [1.82, 2.24) is 0 Å². The van der Waals surface area contributed by atoms with Crippen molar-refractivity contribution in [3.63, 3.8) is 0 Å². The summed E-state index contributed by atoms with van der Waals surface area (Å²) in [7, 11) is 0. The van der Waals surface area contributed by atoms with E-state index in [0.29, 0.717) is 6.42 Å². The molecule has 0 fully saturated rings.